The number of carbonyl (C=O) groups excluding carboxylic acids is 1. The number of hydrogen-bond acceptors (Lipinski definition) is 2. The van der Waals surface area contributed by atoms with Gasteiger partial charge in [0, 0.05) is 13.0 Å². The van der Waals surface area contributed by atoms with Crippen LogP contribution in [0.2, 0.25) is 0 Å². The summed E-state index contributed by atoms with van der Waals surface area (Å²) in [5.41, 5.74) is 1.22. The SMILES string of the molecule is CCNCCCNC(=O)CCc1ccccc1. The Morgan fingerprint density at radius 2 is 1.94 bits per heavy atom. The standard InChI is InChI=1S/C14H22N2O/c1-2-15-11-6-12-16-14(17)10-9-13-7-4-3-5-8-13/h3-5,7-8,15H,2,6,9-12H2,1H3,(H,16,17). The molecule has 1 rings (SSSR count). The summed E-state index contributed by atoms with van der Waals surface area (Å²) >= 11 is 0. The highest BCUT2D eigenvalue weighted by atomic mass is 16.1. The van der Waals surface area contributed by atoms with Crippen molar-refractivity contribution in [1.29, 1.82) is 0 Å². The van der Waals surface area contributed by atoms with Gasteiger partial charge in [-0.05, 0) is 31.5 Å². The third-order valence-electron chi connectivity index (χ3n) is 2.59. The van der Waals surface area contributed by atoms with E-state index >= 15 is 0 Å². The van der Waals surface area contributed by atoms with Gasteiger partial charge < -0.3 is 10.6 Å². The van der Waals surface area contributed by atoms with Gasteiger partial charge in [-0.2, -0.15) is 0 Å². The largest absolute Gasteiger partial charge is 0.356 e. The zero-order valence-electron chi connectivity index (χ0n) is 10.5. The average molecular weight is 234 g/mol. The summed E-state index contributed by atoms with van der Waals surface area (Å²) in [6.07, 6.45) is 2.38. The number of amides is 1. The van der Waals surface area contributed by atoms with E-state index in [1.807, 2.05) is 18.2 Å². The number of carbonyl (C=O) groups is 1. The second-order valence-electron chi connectivity index (χ2n) is 4.04. The lowest BCUT2D eigenvalue weighted by Crippen LogP contribution is -2.27. The minimum absolute atomic E-state index is 0.144. The second-order valence-corrected chi connectivity index (χ2v) is 4.04. The summed E-state index contributed by atoms with van der Waals surface area (Å²) in [7, 11) is 0. The Morgan fingerprint density at radius 1 is 1.18 bits per heavy atom. The van der Waals surface area contributed by atoms with Gasteiger partial charge in [0.1, 0.15) is 0 Å². The van der Waals surface area contributed by atoms with Gasteiger partial charge in [-0.25, -0.2) is 0 Å². The Hall–Kier alpha value is -1.35. The van der Waals surface area contributed by atoms with E-state index in [9.17, 15) is 4.79 Å². The molecule has 1 aromatic rings. The van der Waals surface area contributed by atoms with E-state index in [1.54, 1.807) is 0 Å². The quantitative estimate of drug-likeness (QED) is 0.673. The fraction of sp³-hybridized carbons (Fsp3) is 0.500. The lowest BCUT2D eigenvalue weighted by molar-refractivity contribution is -0.121. The molecule has 1 aromatic carbocycles. The molecule has 0 aromatic heterocycles. The molecule has 3 heteroatoms. The minimum atomic E-state index is 0.144. The Morgan fingerprint density at radius 3 is 2.65 bits per heavy atom. The predicted molar refractivity (Wildman–Crippen MR) is 70.9 cm³/mol. The van der Waals surface area contributed by atoms with Crippen molar-refractivity contribution in [3.8, 4) is 0 Å². The predicted octanol–water partition coefficient (Wildman–Crippen LogP) is 1.73. The summed E-state index contributed by atoms with van der Waals surface area (Å²) in [6, 6.07) is 10.1. The first-order valence-electron chi connectivity index (χ1n) is 6.34. The molecule has 0 aliphatic rings. The maximum atomic E-state index is 11.5. The van der Waals surface area contributed by atoms with Crippen LogP contribution < -0.4 is 10.6 Å². The van der Waals surface area contributed by atoms with E-state index in [-0.39, 0.29) is 5.91 Å². The van der Waals surface area contributed by atoms with Crippen LogP contribution >= 0.6 is 0 Å². The highest BCUT2D eigenvalue weighted by Crippen LogP contribution is 2.01. The zero-order valence-corrected chi connectivity index (χ0v) is 10.5. The maximum absolute atomic E-state index is 11.5. The molecular weight excluding hydrogens is 212 g/mol. The zero-order chi connectivity index (χ0) is 12.3. The third kappa shape index (κ3) is 6.74. The molecule has 1 amide bonds. The van der Waals surface area contributed by atoms with Crippen molar-refractivity contribution in [2.24, 2.45) is 0 Å². The number of nitrogens with one attached hydrogen (secondary N) is 2. The van der Waals surface area contributed by atoms with Gasteiger partial charge in [-0.3, -0.25) is 4.79 Å². The molecule has 3 nitrogen and oxygen atoms in total. The van der Waals surface area contributed by atoms with Gasteiger partial charge in [0.2, 0.25) is 5.91 Å². The van der Waals surface area contributed by atoms with Crippen LogP contribution in [-0.2, 0) is 11.2 Å². The summed E-state index contributed by atoms with van der Waals surface area (Å²) in [5, 5.41) is 6.16. The summed E-state index contributed by atoms with van der Waals surface area (Å²) in [4.78, 5) is 11.5. The van der Waals surface area contributed by atoms with E-state index in [2.05, 4.69) is 29.7 Å². The van der Waals surface area contributed by atoms with Crippen molar-refractivity contribution in [3.05, 3.63) is 35.9 Å². The molecule has 0 spiro atoms. The number of benzene rings is 1. The van der Waals surface area contributed by atoms with Gasteiger partial charge in [-0.15, -0.1) is 0 Å². The van der Waals surface area contributed by atoms with Crippen molar-refractivity contribution in [1.82, 2.24) is 10.6 Å². The molecule has 0 radical (unpaired) electrons. The van der Waals surface area contributed by atoms with Gasteiger partial charge in [0.15, 0.2) is 0 Å². The maximum Gasteiger partial charge on any atom is 0.220 e. The van der Waals surface area contributed by atoms with Gasteiger partial charge in [0.25, 0.3) is 0 Å². The van der Waals surface area contributed by atoms with E-state index in [0.29, 0.717) is 6.42 Å². The average Bonchev–Trinajstić information content (AvgIpc) is 2.37. The Bertz CT molecular complexity index is 311. The van der Waals surface area contributed by atoms with Gasteiger partial charge in [0.05, 0.1) is 0 Å². The third-order valence-corrected chi connectivity index (χ3v) is 2.59. The molecule has 0 unspecified atom stereocenters. The van der Waals surface area contributed by atoms with Crippen LogP contribution in [0.3, 0.4) is 0 Å². The molecule has 0 heterocycles. The Labute approximate surface area is 104 Å². The second kappa shape index (κ2) is 8.76. The summed E-state index contributed by atoms with van der Waals surface area (Å²) in [6.45, 7) is 4.80. The van der Waals surface area contributed by atoms with Crippen LogP contribution in [0.25, 0.3) is 0 Å². The molecular formula is C14H22N2O. The molecule has 0 saturated heterocycles. The van der Waals surface area contributed by atoms with Crippen LogP contribution in [0.5, 0.6) is 0 Å². The van der Waals surface area contributed by atoms with E-state index in [1.165, 1.54) is 5.56 Å². The fourth-order valence-corrected chi connectivity index (χ4v) is 1.61. The van der Waals surface area contributed by atoms with Crippen molar-refractivity contribution in [3.63, 3.8) is 0 Å². The molecule has 0 aliphatic heterocycles. The molecule has 0 saturated carbocycles. The highest BCUT2D eigenvalue weighted by molar-refractivity contribution is 5.76. The first-order chi connectivity index (χ1) is 8.33. The molecule has 0 atom stereocenters. The smallest absolute Gasteiger partial charge is 0.220 e. The van der Waals surface area contributed by atoms with Crippen molar-refractivity contribution >= 4 is 5.91 Å². The van der Waals surface area contributed by atoms with E-state index < -0.39 is 0 Å². The molecule has 17 heavy (non-hydrogen) atoms. The fourth-order valence-electron chi connectivity index (χ4n) is 1.61. The van der Waals surface area contributed by atoms with E-state index in [4.69, 9.17) is 0 Å². The molecule has 0 bridgehead atoms. The van der Waals surface area contributed by atoms with Crippen LogP contribution in [0.4, 0.5) is 0 Å². The first-order valence-corrected chi connectivity index (χ1v) is 6.34. The molecule has 0 aliphatic carbocycles. The van der Waals surface area contributed by atoms with Crippen molar-refractivity contribution in [2.45, 2.75) is 26.2 Å². The van der Waals surface area contributed by atoms with E-state index in [0.717, 1.165) is 32.5 Å². The summed E-state index contributed by atoms with van der Waals surface area (Å²) in [5.74, 6) is 0.144. The minimum Gasteiger partial charge on any atom is -0.356 e. The molecule has 94 valence electrons. The number of hydrogen-bond donors (Lipinski definition) is 2. The monoisotopic (exact) mass is 234 g/mol. The van der Waals surface area contributed by atoms with Gasteiger partial charge in [-0.1, -0.05) is 37.3 Å². The number of aryl methyl sites for hydroxylation is 1. The van der Waals surface area contributed by atoms with Crippen LogP contribution in [-0.4, -0.2) is 25.5 Å². The highest BCUT2D eigenvalue weighted by Gasteiger charge is 2.00. The van der Waals surface area contributed by atoms with Crippen LogP contribution in [0.15, 0.2) is 30.3 Å². The molecule has 0 fully saturated rings. The lowest BCUT2D eigenvalue weighted by atomic mass is 10.1. The summed E-state index contributed by atoms with van der Waals surface area (Å²) < 4.78 is 0. The molecule has 2 N–H and O–H groups in total. The number of rotatable bonds is 8. The van der Waals surface area contributed by atoms with Crippen molar-refractivity contribution < 1.29 is 4.79 Å². The van der Waals surface area contributed by atoms with Crippen LogP contribution in [0.1, 0.15) is 25.3 Å². The Balaban J connectivity index is 2.05. The topological polar surface area (TPSA) is 41.1 Å². The van der Waals surface area contributed by atoms with Crippen molar-refractivity contribution in [2.75, 3.05) is 19.6 Å². The first kappa shape index (κ1) is 13.7. The van der Waals surface area contributed by atoms with Crippen LogP contribution in [0, 0.1) is 0 Å². The Kier molecular flexibility index (Phi) is 7.07. The van der Waals surface area contributed by atoms with Gasteiger partial charge >= 0.3 is 0 Å². The normalized spacial score (nSPS) is 10.2. The lowest BCUT2D eigenvalue weighted by Gasteiger charge is -2.05.